The lowest BCUT2D eigenvalue weighted by molar-refractivity contribution is -0.117. The van der Waals surface area contributed by atoms with Crippen LogP contribution in [0.3, 0.4) is 0 Å². The quantitative estimate of drug-likeness (QED) is 0.869. The van der Waals surface area contributed by atoms with Gasteiger partial charge in [-0.3, -0.25) is 4.79 Å². The molecule has 98 valence electrons. The van der Waals surface area contributed by atoms with Gasteiger partial charge in [0.25, 0.3) is 9.05 Å². The van der Waals surface area contributed by atoms with E-state index in [0.29, 0.717) is 17.2 Å². The summed E-state index contributed by atoms with van der Waals surface area (Å²) in [5.41, 5.74) is 1.31. The standard InChI is InChI=1S/C12H14ClNO3S/c1-7-6-10(7)12(15)14-11-4-3-9(5-8(11)2)18(13,16)17/h3-5,7,10H,6H2,1-2H3,(H,14,15). The van der Waals surface area contributed by atoms with E-state index in [-0.39, 0.29) is 16.7 Å². The molecule has 1 N–H and O–H groups in total. The molecular formula is C12H14ClNO3S. The fraction of sp³-hybridized carbons (Fsp3) is 0.417. The highest BCUT2D eigenvalue weighted by atomic mass is 35.7. The van der Waals surface area contributed by atoms with Gasteiger partial charge in [0.05, 0.1) is 4.90 Å². The van der Waals surface area contributed by atoms with Crippen molar-refractivity contribution in [1.82, 2.24) is 0 Å². The number of rotatable bonds is 3. The molecule has 1 saturated carbocycles. The number of carbonyl (C=O) groups excluding carboxylic acids is 1. The molecule has 0 aliphatic heterocycles. The van der Waals surface area contributed by atoms with Gasteiger partial charge in [-0.1, -0.05) is 6.92 Å². The Balaban J connectivity index is 2.18. The monoisotopic (exact) mass is 287 g/mol. The van der Waals surface area contributed by atoms with Gasteiger partial charge < -0.3 is 5.32 Å². The van der Waals surface area contributed by atoms with Crippen molar-refractivity contribution < 1.29 is 13.2 Å². The van der Waals surface area contributed by atoms with E-state index in [1.165, 1.54) is 12.1 Å². The zero-order valence-electron chi connectivity index (χ0n) is 10.1. The van der Waals surface area contributed by atoms with E-state index in [1.807, 2.05) is 6.92 Å². The third kappa shape index (κ3) is 2.84. The van der Waals surface area contributed by atoms with Crippen molar-refractivity contribution in [2.75, 3.05) is 5.32 Å². The van der Waals surface area contributed by atoms with Crippen LogP contribution >= 0.6 is 10.7 Å². The van der Waals surface area contributed by atoms with Gasteiger partial charge in [-0.15, -0.1) is 0 Å². The number of aryl methyl sites for hydroxylation is 1. The summed E-state index contributed by atoms with van der Waals surface area (Å²) >= 11 is 0. The molecule has 4 nitrogen and oxygen atoms in total. The van der Waals surface area contributed by atoms with E-state index < -0.39 is 9.05 Å². The van der Waals surface area contributed by atoms with Crippen LogP contribution in [0, 0.1) is 18.8 Å². The molecule has 2 rings (SSSR count). The van der Waals surface area contributed by atoms with E-state index in [4.69, 9.17) is 10.7 Å². The first-order valence-corrected chi connectivity index (χ1v) is 7.96. The van der Waals surface area contributed by atoms with Crippen molar-refractivity contribution in [3.05, 3.63) is 23.8 Å². The zero-order valence-corrected chi connectivity index (χ0v) is 11.7. The first-order chi connectivity index (χ1) is 8.29. The minimum absolute atomic E-state index is 0.00733. The molecule has 1 aliphatic rings. The van der Waals surface area contributed by atoms with Crippen molar-refractivity contribution in [1.29, 1.82) is 0 Å². The molecule has 0 aromatic heterocycles. The summed E-state index contributed by atoms with van der Waals surface area (Å²) in [4.78, 5) is 11.8. The number of halogens is 1. The Morgan fingerprint density at radius 2 is 2.06 bits per heavy atom. The minimum Gasteiger partial charge on any atom is -0.326 e. The second-order valence-corrected chi connectivity index (χ2v) is 7.29. The van der Waals surface area contributed by atoms with Gasteiger partial charge in [0.2, 0.25) is 5.91 Å². The Morgan fingerprint density at radius 3 is 2.50 bits per heavy atom. The third-order valence-corrected chi connectivity index (χ3v) is 4.54. The largest absolute Gasteiger partial charge is 0.326 e. The van der Waals surface area contributed by atoms with Crippen LogP contribution in [0.2, 0.25) is 0 Å². The van der Waals surface area contributed by atoms with Crippen LogP contribution in [0.4, 0.5) is 5.69 Å². The Morgan fingerprint density at radius 1 is 1.44 bits per heavy atom. The van der Waals surface area contributed by atoms with Gasteiger partial charge in [0.15, 0.2) is 0 Å². The molecular weight excluding hydrogens is 274 g/mol. The molecule has 0 radical (unpaired) electrons. The normalized spacial score (nSPS) is 22.6. The Kier molecular flexibility index (Phi) is 3.38. The van der Waals surface area contributed by atoms with Crippen LogP contribution in [-0.2, 0) is 13.8 Å². The summed E-state index contributed by atoms with van der Waals surface area (Å²) in [7, 11) is 1.53. The molecule has 1 amide bonds. The highest BCUT2D eigenvalue weighted by molar-refractivity contribution is 8.13. The van der Waals surface area contributed by atoms with Gasteiger partial charge in [0, 0.05) is 22.3 Å². The summed E-state index contributed by atoms with van der Waals surface area (Å²) in [6, 6.07) is 4.41. The Bertz CT molecular complexity index is 597. The molecule has 1 fully saturated rings. The molecule has 1 aromatic rings. The van der Waals surface area contributed by atoms with E-state index in [9.17, 15) is 13.2 Å². The van der Waals surface area contributed by atoms with Gasteiger partial charge in [0.1, 0.15) is 0 Å². The van der Waals surface area contributed by atoms with E-state index in [0.717, 1.165) is 6.42 Å². The molecule has 0 bridgehead atoms. The van der Waals surface area contributed by atoms with E-state index in [1.54, 1.807) is 13.0 Å². The van der Waals surface area contributed by atoms with Crippen LogP contribution in [0.1, 0.15) is 18.9 Å². The lowest BCUT2D eigenvalue weighted by Crippen LogP contribution is -2.15. The maximum absolute atomic E-state index is 11.8. The number of hydrogen-bond donors (Lipinski definition) is 1. The second kappa shape index (κ2) is 4.55. The molecule has 18 heavy (non-hydrogen) atoms. The fourth-order valence-electron chi connectivity index (χ4n) is 1.84. The predicted molar refractivity (Wildman–Crippen MR) is 70.1 cm³/mol. The number of nitrogens with one attached hydrogen (secondary N) is 1. The lowest BCUT2D eigenvalue weighted by atomic mass is 10.2. The Labute approximate surface area is 111 Å². The van der Waals surface area contributed by atoms with Gasteiger partial charge >= 0.3 is 0 Å². The molecule has 0 saturated heterocycles. The molecule has 2 atom stereocenters. The lowest BCUT2D eigenvalue weighted by Gasteiger charge is -2.09. The molecule has 2 unspecified atom stereocenters. The number of hydrogen-bond acceptors (Lipinski definition) is 3. The predicted octanol–water partition coefficient (Wildman–Crippen LogP) is 2.52. The van der Waals surface area contributed by atoms with E-state index >= 15 is 0 Å². The average molecular weight is 288 g/mol. The van der Waals surface area contributed by atoms with Crippen LogP contribution in [-0.4, -0.2) is 14.3 Å². The zero-order chi connectivity index (χ0) is 13.5. The third-order valence-electron chi connectivity index (χ3n) is 3.18. The first-order valence-electron chi connectivity index (χ1n) is 5.65. The molecule has 6 heteroatoms. The minimum atomic E-state index is -3.72. The maximum atomic E-state index is 11.8. The summed E-state index contributed by atoms with van der Waals surface area (Å²) in [6.07, 6.45) is 0.916. The number of carbonyl (C=O) groups is 1. The molecule has 1 aliphatic carbocycles. The molecule has 0 heterocycles. The van der Waals surface area contributed by atoms with Gasteiger partial charge in [-0.05, 0) is 43.0 Å². The van der Waals surface area contributed by atoms with Crippen molar-refractivity contribution in [3.63, 3.8) is 0 Å². The fourth-order valence-corrected chi connectivity index (χ4v) is 2.68. The topological polar surface area (TPSA) is 63.2 Å². The molecule has 0 spiro atoms. The van der Waals surface area contributed by atoms with Crippen molar-refractivity contribution in [3.8, 4) is 0 Å². The second-order valence-electron chi connectivity index (χ2n) is 4.72. The summed E-state index contributed by atoms with van der Waals surface area (Å²) < 4.78 is 22.3. The van der Waals surface area contributed by atoms with Crippen molar-refractivity contribution in [2.45, 2.75) is 25.2 Å². The number of anilines is 1. The van der Waals surface area contributed by atoms with Crippen LogP contribution < -0.4 is 5.32 Å². The smallest absolute Gasteiger partial charge is 0.261 e. The maximum Gasteiger partial charge on any atom is 0.261 e. The van der Waals surface area contributed by atoms with Crippen LogP contribution in [0.25, 0.3) is 0 Å². The summed E-state index contributed by atoms with van der Waals surface area (Å²) in [6.45, 7) is 3.76. The van der Waals surface area contributed by atoms with E-state index in [2.05, 4.69) is 5.32 Å². The Hall–Kier alpha value is -1.07. The number of amides is 1. The average Bonchev–Trinajstić information content (AvgIpc) is 2.97. The SMILES string of the molecule is Cc1cc(S(=O)(=O)Cl)ccc1NC(=O)C1CC1C. The van der Waals surface area contributed by atoms with Crippen LogP contribution in [0.5, 0.6) is 0 Å². The summed E-state index contributed by atoms with van der Waals surface area (Å²) in [5.74, 6) is 0.515. The van der Waals surface area contributed by atoms with Gasteiger partial charge in [-0.25, -0.2) is 8.42 Å². The summed E-state index contributed by atoms with van der Waals surface area (Å²) in [5, 5.41) is 2.80. The van der Waals surface area contributed by atoms with Gasteiger partial charge in [-0.2, -0.15) is 0 Å². The van der Waals surface area contributed by atoms with Crippen molar-refractivity contribution in [2.24, 2.45) is 11.8 Å². The van der Waals surface area contributed by atoms with Crippen LogP contribution in [0.15, 0.2) is 23.1 Å². The number of benzene rings is 1. The van der Waals surface area contributed by atoms with Crippen molar-refractivity contribution >= 4 is 31.3 Å². The highest BCUT2D eigenvalue weighted by Gasteiger charge is 2.39. The highest BCUT2D eigenvalue weighted by Crippen LogP contribution is 2.38. The first kappa shape index (κ1) is 13.4. The molecule has 1 aromatic carbocycles.